The van der Waals surface area contributed by atoms with Crippen LogP contribution in [0.2, 0.25) is 0 Å². The number of nitrogens with one attached hydrogen (secondary N) is 2. The Morgan fingerprint density at radius 1 is 1.39 bits per heavy atom. The first kappa shape index (κ1) is 18.2. The fraction of sp³-hybridized carbons (Fsp3) is 0.350. The van der Waals surface area contributed by atoms with Crippen LogP contribution in [0.25, 0.3) is 11.3 Å². The number of aliphatic hydroxyl groups excluding tert-OH is 1. The molecular formula is C20H23N5O3. The Morgan fingerprint density at radius 2 is 2.21 bits per heavy atom. The largest absolute Gasteiger partial charge is 0.497 e. The summed E-state index contributed by atoms with van der Waals surface area (Å²) in [6.07, 6.45) is 6.20. The van der Waals surface area contributed by atoms with E-state index in [4.69, 9.17) is 4.74 Å². The number of aryl methyl sites for hydroxylation is 1. The summed E-state index contributed by atoms with van der Waals surface area (Å²) in [4.78, 5) is 13.1. The van der Waals surface area contributed by atoms with Gasteiger partial charge in [-0.2, -0.15) is 10.2 Å². The first-order valence-electron chi connectivity index (χ1n) is 9.20. The number of hydrogen-bond donors (Lipinski definition) is 3. The average molecular weight is 381 g/mol. The number of carbonyl (C=O) groups excluding carboxylic acids is 1. The van der Waals surface area contributed by atoms with Crippen molar-refractivity contribution in [1.29, 1.82) is 0 Å². The van der Waals surface area contributed by atoms with E-state index in [9.17, 15) is 9.90 Å². The fourth-order valence-corrected chi connectivity index (χ4v) is 3.65. The van der Waals surface area contributed by atoms with Crippen LogP contribution in [-0.2, 0) is 7.05 Å². The van der Waals surface area contributed by atoms with Gasteiger partial charge in [0.25, 0.3) is 5.91 Å². The lowest BCUT2D eigenvalue weighted by molar-refractivity contribution is 0.0235. The quantitative estimate of drug-likeness (QED) is 0.606. The van der Waals surface area contributed by atoms with Crippen molar-refractivity contribution < 1.29 is 14.6 Å². The molecule has 3 N–H and O–H groups in total. The highest BCUT2D eigenvalue weighted by Crippen LogP contribution is 2.38. The van der Waals surface area contributed by atoms with Gasteiger partial charge in [0.1, 0.15) is 5.75 Å². The molecule has 1 aliphatic carbocycles. The second kappa shape index (κ2) is 7.47. The predicted octanol–water partition coefficient (Wildman–Crippen LogP) is 2.06. The van der Waals surface area contributed by atoms with Crippen molar-refractivity contribution >= 4 is 5.91 Å². The normalized spacial score (nSPS) is 19.7. The van der Waals surface area contributed by atoms with Crippen LogP contribution in [0.15, 0.2) is 42.9 Å². The molecule has 8 heteroatoms. The van der Waals surface area contributed by atoms with E-state index in [2.05, 4.69) is 20.6 Å². The van der Waals surface area contributed by atoms with E-state index >= 15 is 0 Å². The molecule has 1 atom stereocenters. The lowest BCUT2D eigenvalue weighted by Crippen LogP contribution is -2.41. The van der Waals surface area contributed by atoms with Crippen molar-refractivity contribution in [2.75, 3.05) is 7.11 Å². The Labute approximate surface area is 162 Å². The number of aromatic nitrogens is 4. The van der Waals surface area contributed by atoms with Crippen molar-refractivity contribution in [1.82, 2.24) is 25.3 Å². The summed E-state index contributed by atoms with van der Waals surface area (Å²) in [7, 11) is 3.44. The summed E-state index contributed by atoms with van der Waals surface area (Å²) >= 11 is 0. The zero-order valence-electron chi connectivity index (χ0n) is 15.8. The molecule has 28 heavy (non-hydrogen) atoms. The van der Waals surface area contributed by atoms with Crippen LogP contribution < -0.4 is 10.1 Å². The zero-order valence-corrected chi connectivity index (χ0v) is 15.8. The second-order valence-corrected chi connectivity index (χ2v) is 7.17. The number of amides is 1. The maximum atomic E-state index is 13.1. The number of methoxy groups -OCH3 is 1. The second-order valence-electron chi connectivity index (χ2n) is 7.17. The van der Waals surface area contributed by atoms with Gasteiger partial charge >= 0.3 is 0 Å². The maximum Gasteiger partial charge on any atom is 0.255 e. The van der Waals surface area contributed by atoms with Crippen molar-refractivity contribution in [2.24, 2.45) is 13.0 Å². The highest BCUT2D eigenvalue weighted by molar-refractivity contribution is 6.00. The van der Waals surface area contributed by atoms with Crippen LogP contribution in [0.4, 0.5) is 0 Å². The summed E-state index contributed by atoms with van der Waals surface area (Å²) in [6, 6.07) is 7.25. The molecule has 0 unspecified atom stereocenters. The number of ether oxygens (including phenoxy) is 1. The van der Waals surface area contributed by atoms with E-state index in [1.807, 2.05) is 37.5 Å². The van der Waals surface area contributed by atoms with Gasteiger partial charge in [0.05, 0.1) is 42.9 Å². The Hall–Kier alpha value is -3.13. The molecule has 0 bridgehead atoms. The van der Waals surface area contributed by atoms with Gasteiger partial charge in [-0.1, -0.05) is 12.1 Å². The molecule has 2 heterocycles. The number of hydrogen-bond acceptors (Lipinski definition) is 5. The monoisotopic (exact) mass is 381 g/mol. The lowest BCUT2D eigenvalue weighted by atomic mass is 9.75. The molecule has 2 aromatic heterocycles. The molecule has 1 aromatic carbocycles. The third kappa shape index (κ3) is 3.50. The molecule has 4 rings (SSSR count). The average Bonchev–Trinajstić information content (AvgIpc) is 3.33. The van der Waals surface area contributed by atoms with Gasteiger partial charge in [0.15, 0.2) is 0 Å². The van der Waals surface area contributed by atoms with Crippen molar-refractivity contribution in [3.63, 3.8) is 0 Å². The van der Waals surface area contributed by atoms with Crippen LogP contribution in [0.3, 0.4) is 0 Å². The highest BCUT2D eigenvalue weighted by Gasteiger charge is 2.36. The standard InChI is InChI=1S/C20H23N5O3/c1-25-11-14(9-22-25)18(13-6-15(26)7-13)23-20(27)17-10-21-24-19(17)12-4-3-5-16(8-12)28-2/h3-5,8-11,13,15,18,26H,6-7H2,1-2H3,(H,21,24)(H,23,27)/t13?,15?,18-/m1/s1. The van der Waals surface area contributed by atoms with Crippen LogP contribution in [0.5, 0.6) is 5.75 Å². The first-order chi connectivity index (χ1) is 13.5. The van der Waals surface area contributed by atoms with Crippen molar-refractivity contribution in [3.05, 3.63) is 54.0 Å². The third-order valence-electron chi connectivity index (χ3n) is 5.23. The summed E-state index contributed by atoms with van der Waals surface area (Å²) in [5.41, 5.74) is 2.84. The lowest BCUT2D eigenvalue weighted by Gasteiger charge is -2.37. The van der Waals surface area contributed by atoms with Crippen molar-refractivity contribution in [3.8, 4) is 17.0 Å². The van der Waals surface area contributed by atoms with Crippen LogP contribution in [-0.4, -0.2) is 44.2 Å². The third-order valence-corrected chi connectivity index (χ3v) is 5.23. The first-order valence-corrected chi connectivity index (χ1v) is 9.20. The SMILES string of the molecule is COc1cccc(-c2[nH]ncc2C(=O)N[C@@H](c2cnn(C)c2)C2CC(O)C2)c1. The molecule has 8 nitrogen and oxygen atoms in total. The molecule has 1 aliphatic rings. The minimum absolute atomic E-state index is 0.176. The molecule has 0 aliphatic heterocycles. The molecule has 146 valence electrons. The number of carbonyl (C=O) groups is 1. The van der Waals surface area contributed by atoms with Crippen LogP contribution in [0, 0.1) is 5.92 Å². The number of H-pyrrole nitrogens is 1. The van der Waals surface area contributed by atoms with Gasteiger partial charge in [-0.15, -0.1) is 0 Å². The van der Waals surface area contributed by atoms with E-state index < -0.39 is 0 Å². The van der Waals surface area contributed by atoms with Crippen LogP contribution >= 0.6 is 0 Å². The molecule has 0 spiro atoms. The van der Waals surface area contributed by atoms with E-state index in [0.717, 1.165) is 11.1 Å². The summed E-state index contributed by atoms with van der Waals surface area (Å²) < 4.78 is 6.99. The van der Waals surface area contributed by atoms with Gasteiger partial charge in [-0.3, -0.25) is 14.6 Å². The topological polar surface area (TPSA) is 105 Å². The Morgan fingerprint density at radius 3 is 2.89 bits per heavy atom. The van der Waals surface area contributed by atoms with E-state index in [0.29, 0.717) is 29.8 Å². The number of aliphatic hydroxyl groups is 1. The van der Waals surface area contributed by atoms with Crippen LogP contribution in [0.1, 0.15) is 34.8 Å². The van der Waals surface area contributed by atoms with E-state index in [1.54, 1.807) is 18.0 Å². The van der Waals surface area contributed by atoms with Gasteiger partial charge in [0, 0.05) is 24.4 Å². The molecule has 0 radical (unpaired) electrons. The van der Waals surface area contributed by atoms with Gasteiger partial charge in [-0.25, -0.2) is 0 Å². The van der Waals surface area contributed by atoms with Gasteiger partial charge < -0.3 is 15.2 Å². The van der Waals surface area contributed by atoms with Gasteiger partial charge in [0.2, 0.25) is 0 Å². The number of nitrogens with zero attached hydrogens (tertiary/aromatic N) is 3. The smallest absolute Gasteiger partial charge is 0.255 e. The van der Waals surface area contributed by atoms with Crippen molar-refractivity contribution in [2.45, 2.75) is 25.0 Å². The highest BCUT2D eigenvalue weighted by atomic mass is 16.5. The molecular weight excluding hydrogens is 358 g/mol. The Kier molecular flexibility index (Phi) is 4.87. The van der Waals surface area contributed by atoms with Gasteiger partial charge in [-0.05, 0) is 30.9 Å². The number of rotatable bonds is 6. The minimum Gasteiger partial charge on any atom is -0.497 e. The molecule has 1 fully saturated rings. The maximum absolute atomic E-state index is 13.1. The fourth-order valence-electron chi connectivity index (χ4n) is 3.65. The zero-order chi connectivity index (χ0) is 19.7. The summed E-state index contributed by atoms with van der Waals surface area (Å²) in [6.45, 7) is 0. The number of benzene rings is 1. The molecule has 1 saturated carbocycles. The predicted molar refractivity (Wildman–Crippen MR) is 103 cm³/mol. The molecule has 3 aromatic rings. The van der Waals surface area contributed by atoms with E-state index in [1.165, 1.54) is 6.20 Å². The van der Waals surface area contributed by atoms with E-state index in [-0.39, 0.29) is 24.0 Å². The number of aromatic amines is 1. The molecule has 1 amide bonds. The minimum atomic E-state index is -0.303. The Balaban J connectivity index is 1.59. The summed E-state index contributed by atoms with van der Waals surface area (Å²) in [5.74, 6) is 0.660. The Bertz CT molecular complexity index is 974. The summed E-state index contributed by atoms with van der Waals surface area (Å²) in [5, 5.41) is 24.0. The molecule has 0 saturated heterocycles.